The average Bonchev–Trinajstić information content (AvgIpc) is 2.97. The summed E-state index contributed by atoms with van der Waals surface area (Å²) in [5, 5.41) is 13.2. The first-order chi connectivity index (χ1) is 12.3. The largest absolute Gasteiger partial charge is 0.480 e. The summed E-state index contributed by atoms with van der Waals surface area (Å²) in [5.41, 5.74) is -0.667. The van der Waals surface area contributed by atoms with E-state index >= 15 is 0 Å². The van der Waals surface area contributed by atoms with Crippen LogP contribution in [0.1, 0.15) is 47.5 Å². The van der Waals surface area contributed by atoms with Gasteiger partial charge in [-0.2, -0.15) is 0 Å². The molecule has 9 nitrogen and oxygen atoms in total. The van der Waals surface area contributed by atoms with Gasteiger partial charge in [-0.15, -0.1) is 0 Å². The zero-order valence-electron chi connectivity index (χ0n) is 16.5. The van der Waals surface area contributed by atoms with Crippen LogP contribution in [-0.4, -0.2) is 71.3 Å². The van der Waals surface area contributed by atoms with E-state index < -0.39 is 48.2 Å². The fraction of sp³-hybridized carbons (Fsp3) is 0.765. The summed E-state index contributed by atoms with van der Waals surface area (Å²) in [4.78, 5) is 47.4. The van der Waals surface area contributed by atoms with E-state index in [2.05, 4.69) is 10.6 Å². The van der Waals surface area contributed by atoms with E-state index in [1.807, 2.05) is 0 Å². The van der Waals surface area contributed by atoms with Crippen molar-refractivity contribution in [3.63, 3.8) is 0 Å². The quantitative estimate of drug-likeness (QED) is 0.644. The lowest BCUT2D eigenvalue weighted by atomic mass is 10.2. The fourth-order valence-corrected chi connectivity index (χ4v) is 2.18. The Balaban J connectivity index is 0.00000153. The lowest BCUT2D eigenvalue weighted by Crippen LogP contribution is -2.50. The lowest BCUT2D eigenvalue weighted by Gasteiger charge is -2.24. The van der Waals surface area contributed by atoms with Crippen LogP contribution in [0.5, 0.6) is 0 Å². The second-order valence-corrected chi connectivity index (χ2v) is 7.23. The number of halogens is 1. The predicted molar refractivity (Wildman–Crippen MR) is 95.9 cm³/mol. The van der Waals surface area contributed by atoms with Crippen molar-refractivity contribution in [2.75, 3.05) is 19.6 Å². The Morgan fingerprint density at radius 3 is 2.22 bits per heavy atom. The number of carboxylic acids is 1. The number of nitrogens with zero attached hydrogens (tertiary/aromatic N) is 1. The Bertz CT molecular complexity index is 530. The van der Waals surface area contributed by atoms with Crippen molar-refractivity contribution in [1.29, 1.82) is 0 Å². The molecule has 1 aliphatic rings. The van der Waals surface area contributed by atoms with Crippen LogP contribution in [0.3, 0.4) is 0 Å². The topological polar surface area (TPSA) is 125 Å². The first-order valence-electron chi connectivity index (χ1n) is 8.73. The minimum atomic E-state index is -1.15. The van der Waals surface area contributed by atoms with Crippen LogP contribution in [0.15, 0.2) is 0 Å². The molecule has 27 heavy (non-hydrogen) atoms. The second kappa shape index (κ2) is 11.3. The van der Waals surface area contributed by atoms with Gasteiger partial charge in [0.2, 0.25) is 11.8 Å². The molecule has 0 aliphatic carbocycles. The Labute approximate surface area is 158 Å². The van der Waals surface area contributed by atoms with E-state index in [9.17, 15) is 23.6 Å². The molecule has 0 aromatic heterocycles. The number of likely N-dealkylation sites (tertiary alicyclic amines) is 1. The monoisotopic (exact) mass is 391 g/mol. The number of carbonyl (C=O) groups is 4. The van der Waals surface area contributed by atoms with E-state index in [-0.39, 0.29) is 6.54 Å². The van der Waals surface area contributed by atoms with Crippen molar-refractivity contribution in [1.82, 2.24) is 15.5 Å². The van der Waals surface area contributed by atoms with Crippen LogP contribution < -0.4 is 10.6 Å². The van der Waals surface area contributed by atoms with Gasteiger partial charge < -0.3 is 25.4 Å². The average molecular weight is 391 g/mol. The molecule has 3 amide bonds. The molecule has 1 aliphatic heterocycles. The van der Waals surface area contributed by atoms with Crippen LogP contribution in [0, 0.1) is 0 Å². The van der Waals surface area contributed by atoms with E-state index in [0.29, 0.717) is 19.4 Å². The molecule has 0 saturated carbocycles. The molecule has 0 aromatic rings. The van der Waals surface area contributed by atoms with Crippen molar-refractivity contribution in [2.45, 2.75) is 65.3 Å². The Morgan fingerprint density at radius 1 is 1.19 bits per heavy atom. The third kappa shape index (κ3) is 11.8. The number of alkyl carbamates (subject to hydrolysis) is 1. The van der Waals surface area contributed by atoms with Gasteiger partial charge in [-0.25, -0.2) is 9.18 Å². The summed E-state index contributed by atoms with van der Waals surface area (Å²) in [6, 6.07) is -0.706. The number of hydrogen-bond donors (Lipinski definition) is 3. The zero-order valence-corrected chi connectivity index (χ0v) is 16.5. The highest BCUT2D eigenvalue weighted by molar-refractivity contribution is 5.91. The number of alkyl halides is 1. The summed E-state index contributed by atoms with van der Waals surface area (Å²) < 4.78 is 16.0. The van der Waals surface area contributed by atoms with E-state index in [0.717, 1.165) is 0 Å². The van der Waals surface area contributed by atoms with Crippen molar-refractivity contribution < 1.29 is 33.4 Å². The maximum Gasteiger partial charge on any atom is 0.408 e. The van der Waals surface area contributed by atoms with Crippen molar-refractivity contribution >= 4 is 23.9 Å². The number of aliphatic carboxylic acids is 1. The van der Waals surface area contributed by atoms with Gasteiger partial charge in [-0.05, 0) is 47.5 Å². The van der Waals surface area contributed by atoms with Gasteiger partial charge in [0.05, 0.1) is 6.17 Å². The lowest BCUT2D eigenvalue weighted by molar-refractivity contribution is -0.140. The summed E-state index contributed by atoms with van der Waals surface area (Å²) in [6.45, 7) is 7.73. The van der Waals surface area contributed by atoms with Crippen molar-refractivity contribution in [3.8, 4) is 0 Å². The minimum Gasteiger partial charge on any atom is -0.480 e. The van der Waals surface area contributed by atoms with E-state index in [1.54, 1.807) is 20.8 Å². The van der Waals surface area contributed by atoms with E-state index in [4.69, 9.17) is 9.84 Å². The van der Waals surface area contributed by atoms with Gasteiger partial charge in [0.25, 0.3) is 0 Å². The third-order valence-electron chi connectivity index (χ3n) is 3.07. The molecule has 156 valence electrons. The molecule has 1 saturated heterocycles. The van der Waals surface area contributed by atoms with E-state index in [1.165, 1.54) is 18.7 Å². The first kappa shape index (κ1) is 24.6. The summed E-state index contributed by atoms with van der Waals surface area (Å²) in [7, 11) is 0. The normalized spacial score (nSPS) is 16.3. The smallest absolute Gasteiger partial charge is 0.408 e. The van der Waals surface area contributed by atoms with Crippen molar-refractivity contribution in [2.24, 2.45) is 0 Å². The molecular weight excluding hydrogens is 361 g/mol. The molecule has 1 fully saturated rings. The molecule has 1 atom stereocenters. The summed E-state index contributed by atoms with van der Waals surface area (Å²) in [5.74, 6) is -2.07. The minimum absolute atomic E-state index is 0.280. The molecule has 10 heteroatoms. The standard InChI is InChI=1S/C14H23N3O6.C3H7F/c1-14(2,3)23-13(22)16-7-10(18)17-6-4-5-9(17)12(21)15-8-11(19)20;1-3(2)4/h9H,4-8H2,1-3H3,(H,15,21)(H,16,22)(H,19,20);3H,1-2H3. The molecule has 3 N–H and O–H groups in total. The van der Waals surface area contributed by atoms with Gasteiger partial charge in [-0.1, -0.05) is 0 Å². The second-order valence-electron chi connectivity index (χ2n) is 7.23. The van der Waals surface area contributed by atoms with Crippen LogP contribution in [0.4, 0.5) is 9.18 Å². The third-order valence-corrected chi connectivity index (χ3v) is 3.07. The number of amides is 3. The molecule has 0 radical (unpaired) electrons. The van der Waals surface area contributed by atoms with Gasteiger partial charge in [0, 0.05) is 6.54 Å². The first-order valence-corrected chi connectivity index (χ1v) is 8.73. The SMILES string of the molecule is CC(C)(C)OC(=O)NCC(=O)N1CCCC1C(=O)NCC(=O)O.CC(C)F. The molecule has 0 spiro atoms. The number of hydrogen-bond acceptors (Lipinski definition) is 5. The molecule has 0 aromatic carbocycles. The molecule has 1 rings (SSSR count). The van der Waals surface area contributed by atoms with Crippen LogP contribution >= 0.6 is 0 Å². The van der Waals surface area contributed by atoms with Gasteiger partial charge in [0.15, 0.2) is 0 Å². The van der Waals surface area contributed by atoms with Gasteiger partial charge >= 0.3 is 12.1 Å². The molecule has 1 heterocycles. The van der Waals surface area contributed by atoms with Crippen LogP contribution in [0.2, 0.25) is 0 Å². The number of carboxylic acid groups (broad SMARTS) is 1. The zero-order chi connectivity index (χ0) is 21.2. The number of ether oxygens (including phenoxy) is 1. The van der Waals surface area contributed by atoms with Gasteiger partial charge in [-0.3, -0.25) is 14.4 Å². The number of carbonyl (C=O) groups excluding carboxylic acids is 3. The molecule has 1 unspecified atom stereocenters. The number of rotatable bonds is 5. The Morgan fingerprint density at radius 2 is 1.74 bits per heavy atom. The Kier molecular flexibility index (Phi) is 10.3. The fourth-order valence-electron chi connectivity index (χ4n) is 2.18. The molecular formula is C17H30FN3O6. The summed E-state index contributed by atoms with van der Waals surface area (Å²) in [6.07, 6.45) is -0.274. The highest BCUT2D eigenvalue weighted by Crippen LogP contribution is 2.17. The van der Waals surface area contributed by atoms with Crippen LogP contribution in [0.25, 0.3) is 0 Å². The maximum absolute atomic E-state index is 12.1. The van der Waals surface area contributed by atoms with Crippen molar-refractivity contribution in [3.05, 3.63) is 0 Å². The highest BCUT2D eigenvalue weighted by atomic mass is 19.1. The van der Waals surface area contributed by atoms with Crippen LogP contribution in [-0.2, 0) is 19.1 Å². The predicted octanol–water partition coefficient (Wildman–Crippen LogP) is 1.07. The summed E-state index contributed by atoms with van der Waals surface area (Å²) >= 11 is 0. The molecule has 0 bridgehead atoms. The number of nitrogens with one attached hydrogen (secondary N) is 2. The maximum atomic E-state index is 12.1. The Hall–Kier alpha value is -2.39. The van der Waals surface area contributed by atoms with Gasteiger partial charge in [0.1, 0.15) is 24.7 Å². The highest BCUT2D eigenvalue weighted by Gasteiger charge is 2.34.